The van der Waals surface area contributed by atoms with Crippen LogP contribution in [0.1, 0.15) is 18.1 Å². The monoisotopic (exact) mass is 327 g/mol. The Morgan fingerprint density at radius 1 is 1.26 bits per heavy atom. The molecule has 2 unspecified atom stereocenters. The number of anilines is 1. The van der Waals surface area contributed by atoms with Gasteiger partial charge in [-0.1, -0.05) is 23.5 Å². The number of nitrogens with zero attached hydrogens (tertiary/aromatic N) is 1. The highest BCUT2D eigenvalue weighted by atomic mass is 32.1. The highest BCUT2D eigenvalue weighted by Gasteiger charge is 2.45. The van der Waals surface area contributed by atoms with Gasteiger partial charge < -0.3 is 15.1 Å². The number of hydrogen-bond donors (Lipinski definition) is 2. The Kier molecular flexibility index (Phi) is 3.75. The second-order valence-electron chi connectivity index (χ2n) is 5.67. The largest absolute Gasteiger partial charge is 0.469 e. The van der Waals surface area contributed by atoms with Crippen molar-refractivity contribution in [1.82, 2.24) is 10.3 Å². The highest BCUT2D eigenvalue weighted by molar-refractivity contribution is 7.22. The van der Waals surface area contributed by atoms with Gasteiger partial charge in [0.25, 0.3) is 0 Å². The Balaban J connectivity index is 1.22. The van der Waals surface area contributed by atoms with E-state index in [4.69, 9.17) is 4.42 Å². The molecule has 0 spiro atoms. The fraction of sp³-hybridized carbons (Fsp3) is 0.294. The third-order valence-electron chi connectivity index (χ3n) is 4.03. The molecule has 0 radical (unpaired) electrons. The summed E-state index contributed by atoms with van der Waals surface area (Å²) in [6.45, 7) is 1.26. The summed E-state index contributed by atoms with van der Waals surface area (Å²) in [5.41, 5.74) is 1.00. The molecular formula is C17H17N3O2S. The van der Waals surface area contributed by atoms with Gasteiger partial charge in [0, 0.05) is 24.9 Å². The van der Waals surface area contributed by atoms with Crippen molar-refractivity contribution in [1.29, 1.82) is 0 Å². The number of furan rings is 1. The molecule has 6 heteroatoms. The van der Waals surface area contributed by atoms with Crippen molar-refractivity contribution in [2.75, 3.05) is 18.4 Å². The molecule has 1 amide bonds. The van der Waals surface area contributed by atoms with Crippen LogP contribution in [0, 0.1) is 5.92 Å². The van der Waals surface area contributed by atoms with Crippen LogP contribution in [0.3, 0.4) is 0 Å². The summed E-state index contributed by atoms with van der Waals surface area (Å²) in [5, 5.41) is 7.13. The van der Waals surface area contributed by atoms with Gasteiger partial charge in [0.1, 0.15) is 5.76 Å². The van der Waals surface area contributed by atoms with Crippen molar-refractivity contribution >= 4 is 32.6 Å². The van der Waals surface area contributed by atoms with E-state index in [9.17, 15) is 4.79 Å². The number of hydrogen-bond acceptors (Lipinski definition) is 5. The summed E-state index contributed by atoms with van der Waals surface area (Å²) in [5.74, 6) is 1.33. The van der Waals surface area contributed by atoms with E-state index >= 15 is 0 Å². The van der Waals surface area contributed by atoms with E-state index in [0.29, 0.717) is 13.1 Å². The Bertz CT molecular complexity index is 779. The molecule has 4 rings (SSSR count). The average molecular weight is 327 g/mol. The highest BCUT2D eigenvalue weighted by Crippen LogP contribution is 2.47. The molecule has 0 saturated heterocycles. The molecule has 1 saturated carbocycles. The Morgan fingerprint density at radius 3 is 3.00 bits per heavy atom. The fourth-order valence-electron chi connectivity index (χ4n) is 2.74. The number of carbonyl (C=O) groups excluding carboxylic acids is 1. The topological polar surface area (TPSA) is 67.2 Å². The Morgan fingerprint density at radius 2 is 2.17 bits per heavy atom. The first kappa shape index (κ1) is 14.3. The normalized spacial score (nSPS) is 19.7. The molecule has 5 nitrogen and oxygen atoms in total. The number of benzene rings is 1. The first-order chi connectivity index (χ1) is 11.3. The van der Waals surface area contributed by atoms with Crippen LogP contribution in [-0.4, -0.2) is 24.0 Å². The molecule has 23 heavy (non-hydrogen) atoms. The van der Waals surface area contributed by atoms with Crippen molar-refractivity contribution in [3.8, 4) is 0 Å². The van der Waals surface area contributed by atoms with Crippen molar-refractivity contribution < 1.29 is 9.21 Å². The standard InChI is InChI=1S/C17H17N3O2S/c21-16(12-10-11(12)14-5-3-9-22-14)18-7-8-19-17-20-13-4-1-2-6-15(13)23-17/h1-6,9,11-12H,7-8,10H2,(H,18,21)(H,19,20). The number of rotatable bonds is 6. The second-order valence-corrected chi connectivity index (χ2v) is 6.70. The van der Waals surface area contributed by atoms with E-state index in [-0.39, 0.29) is 17.7 Å². The van der Waals surface area contributed by atoms with Gasteiger partial charge in [-0.2, -0.15) is 0 Å². The third kappa shape index (κ3) is 3.07. The van der Waals surface area contributed by atoms with E-state index in [1.54, 1.807) is 17.6 Å². The molecule has 0 bridgehead atoms. The molecule has 1 aliphatic carbocycles. The molecule has 2 aromatic heterocycles. The minimum absolute atomic E-state index is 0.0589. The van der Waals surface area contributed by atoms with Crippen molar-refractivity contribution in [2.45, 2.75) is 12.3 Å². The zero-order valence-electron chi connectivity index (χ0n) is 12.5. The predicted octanol–water partition coefficient (Wildman–Crippen LogP) is 3.22. The van der Waals surface area contributed by atoms with Crippen molar-refractivity contribution in [3.63, 3.8) is 0 Å². The summed E-state index contributed by atoms with van der Waals surface area (Å²) in [6.07, 6.45) is 2.54. The van der Waals surface area contributed by atoms with E-state index in [0.717, 1.165) is 22.8 Å². The molecule has 3 aromatic rings. The van der Waals surface area contributed by atoms with Crippen LogP contribution >= 0.6 is 11.3 Å². The van der Waals surface area contributed by atoms with Crippen molar-refractivity contribution in [2.24, 2.45) is 5.92 Å². The molecule has 2 N–H and O–H groups in total. The minimum atomic E-state index is 0.0589. The van der Waals surface area contributed by atoms with Crippen molar-refractivity contribution in [3.05, 3.63) is 48.4 Å². The third-order valence-corrected chi connectivity index (χ3v) is 5.02. The molecule has 2 atom stereocenters. The lowest BCUT2D eigenvalue weighted by Gasteiger charge is -2.05. The first-order valence-corrected chi connectivity index (χ1v) is 8.53. The molecule has 1 aromatic carbocycles. The average Bonchev–Trinajstić information content (AvgIpc) is 2.99. The minimum Gasteiger partial charge on any atom is -0.469 e. The predicted molar refractivity (Wildman–Crippen MR) is 90.7 cm³/mol. The number of fused-ring (bicyclic) bond motifs is 1. The lowest BCUT2D eigenvalue weighted by molar-refractivity contribution is -0.122. The number of thiazole rings is 1. The van der Waals surface area contributed by atoms with Gasteiger partial charge in [0.05, 0.1) is 16.5 Å². The van der Waals surface area contributed by atoms with Gasteiger partial charge in [0.2, 0.25) is 5.91 Å². The van der Waals surface area contributed by atoms with Crippen LogP contribution in [-0.2, 0) is 4.79 Å². The van der Waals surface area contributed by atoms with Gasteiger partial charge in [-0.25, -0.2) is 4.98 Å². The first-order valence-electron chi connectivity index (χ1n) is 7.72. The molecule has 1 fully saturated rings. The number of para-hydroxylation sites is 1. The zero-order chi connectivity index (χ0) is 15.6. The molecule has 0 aliphatic heterocycles. The van der Waals surface area contributed by atoms with Gasteiger partial charge in [-0.3, -0.25) is 4.79 Å². The Hall–Kier alpha value is -2.34. The summed E-state index contributed by atoms with van der Waals surface area (Å²) in [4.78, 5) is 16.6. The molecule has 1 aliphatic rings. The van der Waals surface area contributed by atoms with E-state index in [1.165, 1.54) is 4.70 Å². The summed E-state index contributed by atoms with van der Waals surface area (Å²) in [7, 11) is 0. The van der Waals surface area contributed by atoms with Crippen LogP contribution in [0.4, 0.5) is 5.13 Å². The summed E-state index contributed by atoms with van der Waals surface area (Å²) >= 11 is 1.63. The Labute approximate surface area is 137 Å². The number of amides is 1. The second kappa shape index (κ2) is 6.04. The van der Waals surface area contributed by atoms with E-state index in [2.05, 4.69) is 21.7 Å². The smallest absolute Gasteiger partial charge is 0.223 e. The number of carbonyl (C=O) groups is 1. The van der Waals surface area contributed by atoms with Crippen LogP contribution < -0.4 is 10.6 Å². The maximum absolute atomic E-state index is 12.1. The fourth-order valence-corrected chi connectivity index (χ4v) is 3.63. The van der Waals surface area contributed by atoms with Crippen LogP contribution in [0.15, 0.2) is 47.1 Å². The lowest BCUT2D eigenvalue weighted by atomic mass is 10.2. The van der Waals surface area contributed by atoms with Gasteiger partial charge >= 0.3 is 0 Å². The van der Waals surface area contributed by atoms with Crippen LogP contribution in [0.5, 0.6) is 0 Å². The lowest BCUT2D eigenvalue weighted by Crippen LogP contribution is -2.30. The molecule has 2 heterocycles. The zero-order valence-corrected chi connectivity index (χ0v) is 13.3. The summed E-state index contributed by atoms with van der Waals surface area (Å²) < 4.78 is 6.52. The molecular weight excluding hydrogens is 310 g/mol. The van der Waals surface area contributed by atoms with Gasteiger partial charge in [-0.05, 0) is 30.7 Å². The van der Waals surface area contributed by atoms with Crippen LogP contribution in [0.25, 0.3) is 10.2 Å². The summed E-state index contributed by atoms with van der Waals surface area (Å²) in [6, 6.07) is 11.9. The maximum atomic E-state index is 12.1. The quantitative estimate of drug-likeness (QED) is 0.682. The number of aromatic nitrogens is 1. The van der Waals surface area contributed by atoms with E-state index in [1.807, 2.05) is 30.3 Å². The van der Waals surface area contributed by atoms with Crippen LogP contribution in [0.2, 0.25) is 0 Å². The van der Waals surface area contributed by atoms with Gasteiger partial charge in [0.15, 0.2) is 5.13 Å². The number of nitrogens with one attached hydrogen (secondary N) is 2. The van der Waals surface area contributed by atoms with Gasteiger partial charge in [-0.15, -0.1) is 0 Å². The maximum Gasteiger partial charge on any atom is 0.223 e. The van der Waals surface area contributed by atoms with E-state index < -0.39 is 0 Å². The molecule has 118 valence electrons. The SMILES string of the molecule is O=C(NCCNc1nc2ccccc2s1)C1CC1c1ccco1.